The first-order valence-corrected chi connectivity index (χ1v) is 9.54. The van der Waals surface area contributed by atoms with Gasteiger partial charge in [0.05, 0.1) is 22.9 Å². The van der Waals surface area contributed by atoms with Crippen LogP contribution in [0.3, 0.4) is 0 Å². The van der Waals surface area contributed by atoms with E-state index in [1.165, 1.54) is 0 Å². The zero-order valence-electron chi connectivity index (χ0n) is 14.7. The fourth-order valence-electron chi connectivity index (χ4n) is 2.76. The smallest absolute Gasteiger partial charge is 0.255 e. The standard InChI is InChI=1S/C20H22BrNO4/c1-2-24-19-8-4-3-7-17(19)22-20(23)14-9-10-18(16(21)12-14)26-13-15-6-5-11-25-15/h3-4,7-10,12,15H,2,5-6,11,13H2,1H3,(H,22,23). The second-order valence-corrected chi connectivity index (χ2v) is 6.83. The molecule has 26 heavy (non-hydrogen) atoms. The van der Waals surface area contributed by atoms with Gasteiger partial charge in [0.15, 0.2) is 0 Å². The number of hydrogen-bond donors (Lipinski definition) is 1. The molecule has 1 atom stereocenters. The minimum atomic E-state index is -0.205. The number of carbonyl (C=O) groups excluding carboxylic acids is 1. The fourth-order valence-corrected chi connectivity index (χ4v) is 3.26. The van der Waals surface area contributed by atoms with Gasteiger partial charge in [-0.3, -0.25) is 4.79 Å². The lowest BCUT2D eigenvalue weighted by Crippen LogP contribution is -2.17. The normalized spacial score (nSPS) is 16.3. The van der Waals surface area contributed by atoms with Crippen LogP contribution in [0.5, 0.6) is 11.5 Å². The predicted molar refractivity (Wildman–Crippen MR) is 104 cm³/mol. The van der Waals surface area contributed by atoms with E-state index in [-0.39, 0.29) is 12.0 Å². The Bertz CT molecular complexity index is 759. The highest BCUT2D eigenvalue weighted by Gasteiger charge is 2.17. The molecule has 2 aromatic carbocycles. The molecule has 5 nitrogen and oxygen atoms in total. The zero-order valence-corrected chi connectivity index (χ0v) is 16.3. The average molecular weight is 420 g/mol. The van der Waals surface area contributed by atoms with Crippen molar-refractivity contribution in [2.24, 2.45) is 0 Å². The molecule has 138 valence electrons. The van der Waals surface area contributed by atoms with Crippen molar-refractivity contribution < 1.29 is 19.0 Å². The molecule has 3 rings (SSSR count). The van der Waals surface area contributed by atoms with Crippen LogP contribution >= 0.6 is 15.9 Å². The van der Waals surface area contributed by atoms with E-state index in [1.807, 2.05) is 31.2 Å². The molecule has 1 aliphatic heterocycles. The summed E-state index contributed by atoms with van der Waals surface area (Å²) in [7, 11) is 0. The maximum absolute atomic E-state index is 12.6. The van der Waals surface area contributed by atoms with E-state index < -0.39 is 0 Å². The summed E-state index contributed by atoms with van der Waals surface area (Å²) in [5.74, 6) is 1.15. The van der Waals surface area contributed by atoms with Crippen LogP contribution in [0, 0.1) is 0 Å². The fraction of sp³-hybridized carbons (Fsp3) is 0.350. The second kappa shape index (κ2) is 9.05. The number of ether oxygens (including phenoxy) is 3. The molecule has 0 spiro atoms. The molecule has 1 aliphatic rings. The number of amides is 1. The molecule has 0 aromatic heterocycles. The van der Waals surface area contributed by atoms with Crippen LogP contribution in [0.4, 0.5) is 5.69 Å². The minimum Gasteiger partial charge on any atom is -0.492 e. The Labute approximate surface area is 161 Å². The van der Waals surface area contributed by atoms with Gasteiger partial charge in [-0.15, -0.1) is 0 Å². The monoisotopic (exact) mass is 419 g/mol. The van der Waals surface area contributed by atoms with Gasteiger partial charge in [0.1, 0.15) is 18.1 Å². The summed E-state index contributed by atoms with van der Waals surface area (Å²) in [6.45, 7) is 3.77. The number of halogens is 1. The van der Waals surface area contributed by atoms with Crippen molar-refractivity contribution in [3.63, 3.8) is 0 Å². The van der Waals surface area contributed by atoms with E-state index in [9.17, 15) is 4.79 Å². The van der Waals surface area contributed by atoms with Crippen molar-refractivity contribution in [3.05, 3.63) is 52.5 Å². The van der Waals surface area contributed by atoms with Crippen LogP contribution in [0.15, 0.2) is 46.9 Å². The lowest BCUT2D eigenvalue weighted by Gasteiger charge is -2.14. The van der Waals surface area contributed by atoms with Crippen molar-refractivity contribution in [3.8, 4) is 11.5 Å². The SMILES string of the molecule is CCOc1ccccc1NC(=O)c1ccc(OCC2CCCO2)c(Br)c1. The van der Waals surface area contributed by atoms with Gasteiger partial charge < -0.3 is 19.5 Å². The Morgan fingerprint density at radius 2 is 2.08 bits per heavy atom. The molecule has 0 bridgehead atoms. The quantitative estimate of drug-likeness (QED) is 0.708. The second-order valence-electron chi connectivity index (χ2n) is 5.97. The summed E-state index contributed by atoms with van der Waals surface area (Å²) in [5.41, 5.74) is 1.18. The van der Waals surface area contributed by atoms with Gasteiger partial charge in [-0.25, -0.2) is 0 Å². The molecule has 1 fully saturated rings. The van der Waals surface area contributed by atoms with E-state index in [1.54, 1.807) is 18.2 Å². The van der Waals surface area contributed by atoms with Crippen LogP contribution in [0.1, 0.15) is 30.1 Å². The zero-order chi connectivity index (χ0) is 18.4. The predicted octanol–water partition coefficient (Wildman–Crippen LogP) is 4.66. The maximum Gasteiger partial charge on any atom is 0.255 e. The Kier molecular flexibility index (Phi) is 6.52. The highest BCUT2D eigenvalue weighted by atomic mass is 79.9. The van der Waals surface area contributed by atoms with Crippen LogP contribution in [0.2, 0.25) is 0 Å². The number of carbonyl (C=O) groups is 1. The lowest BCUT2D eigenvalue weighted by molar-refractivity contribution is 0.0677. The highest BCUT2D eigenvalue weighted by Crippen LogP contribution is 2.28. The van der Waals surface area contributed by atoms with Crippen LogP contribution in [0.25, 0.3) is 0 Å². The third kappa shape index (κ3) is 4.77. The number of rotatable bonds is 7. The Balaban J connectivity index is 1.65. The molecular weight excluding hydrogens is 398 g/mol. The van der Waals surface area contributed by atoms with E-state index >= 15 is 0 Å². The van der Waals surface area contributed by atoms with Gasteiger partial charge in [0, 0.05) is 12.2 Å². The first-order valence-electron chi connectivity index (χ1n) is 8.74. The van der Waals surface area contributed by atoms with Crippen molar-refractivity contribution in [2.45, 2.75) is 25.9 Å². The van der Waals surface area contributed by atoms with E-state index in [0.29, 0.717) is 36.0 Å². The highest BCUT2D eigenvalue weighted by molar-refractivity contribution is 9.10. The van der Waals surface area contributed by atoms with Gasteiger partial charge >= 0.3 is 0 Å². The molecule has 0 radical (unpaired) electrons. The van der Waals surface area contributed by atoms with E-state index in [2.05, 4.69) is 21.2 Å². The summed E-state index contributed by atoms with van der Waals surface area (Å²) in [6.07, 6.45) is 2.26. The maximum atomic E-state index is 12.6. The molecule has 1 amide bonds. The molecule has 1 saturated heterocycles. The first kappa shape index (κ1) is 18.7. The Hall–Kier alpha value is -2.05. The number of nitrogens with one attached hydrogen (secondary N) is 1. The summed E-state index contributed by atoms with van der Waals surface area (Å²) < 4.78 is 17.6. The molecule has 2 aromatic rings. The molecule has 1 N–H and O–H groups in total. The summed E-state index contributed by atoms with van der Waals surface area (Å²) in [6, 6.07) is 12.7. The number of para-hydroxylation sites is 2. The molecular formula is C20H22BrNO4. The first-order chi connectivity index (χ1) is 12.7. The molecule has 0 aliphatic carbocycles. The molecule has 1 heterocycles. The largest absolute Gasteiger partial charge is 0.492 e. The van der Waals surface area contributed by atoms with Gasteiger partial charge in [-0.1, -0.05) is 12.1 Å². The Morgan fingerprint density at radius 1 is 1.23 bits per heavy atom. The van der Waals surface area contributed by atoms with Crippen molar-refractivity contribution in [1.29, 1.82) is 0 Å². The van der Waals surface area contributed by atoms with Gasteiger partial charge in [0.2, 0.25) is 0 Å². The topological polar surface area (TPSA) is 56.8 Å². The van der Waals surface area contributed by atoms with Crippen molar-refractivity contribution in [2.75, 3.05) is 25.1 Å². The lowest BCUT2D eigenvalue weighted by atomic mass is 10.2. The van der Waals surface area contributed by atoms with Crippen LogP contribution < -0.4 is 14.8 Å². The minimum absolute atomic E-state index is 0.153. The summed E-state index contributed by atoms with van der Waals surface area (Å²) in [5, 5.41) is 2.89. The Morgan fingerprint density at radius 3 is 2.81 bits per heavy atom. The van der Waals surface area contributed by atoms with Crippen LogP contribution in [-0.4, -0.2) is 31.8 Å². The third-order valence-corrected chi connectivity index (χ3v) is 4.70. The average Bonchev–Trinajstić information content (AvgIpc) is 3.16. The number of anilines is 1. The number of hydrogen-bond acceptors (Lipinski definition) is 4. The molecule has 0 saturated carbocycles. The summed E-state index contributed by atoms with van der Waals surface area (Å²) in [4.78, 5) is 12.6. The van der Waals surface area contributed by atoms with Crippen LogP contribution in [-0.2, 0) is 4.74 Å². The van der Waals surface area contributed by atoms with E-state index in [4.69, 9.17) is 14.2 Å². The third-order valence-electron chi connectivity index (χ3n) is 4.08. The molecule has 1 unspecified atom stereocenters. The molecule has 6 heteroatoms. The van der Waals surface area contributed by atoms with Gasteiger partial charge in [0.25, 0.3) is 5.91 Å². The summed E-state index contributed by atoms with van der Waals surface area (Å²) >= 11 is 3.48. The van der Waals surface area contributed by atoms with Gasteiger partial charge in [-0.05, 0) is 66.0 Å². The van der Waals surface area contributed by atoms with Crippen molar-refractivity contribution >= 4 is 27.5 Å². The van der Waals surface area contributed by atoms with E-state index in [0.717, 1.165) is 23.9 Å². The number of benzene rings is 2. The van der Waals surface area contributed by atoms with Crippen molar-refractivity contribution in [1.82, 2.24) is 0 Å². The van der Waals surface area contributed by atoms with Gasteiger partial charge in [-0.2, -0.15) is 0 Å².